The predicted octanol–water partition coefficient (Wildman–Crippen LogP) is 2.68. The van der Waals surface area contributed by atoms with Gasteiger partial charge in [-0.3, -0.25) is 14.7 Å². The molecule has 0 amide bonds. The summed E-state index contributed by atoms with van der Waals surface area (Å²) < 4.78 is 10.2. The first-order chi connectivity index (χ1) is 14.7. The number of nitrogens with zero attached hydrogens (tertiary/aromatic N) is 3. The number of likely N-dealkylation sites (tertiary alicyclic amines) is 2. The van der Waals surface area contributed by atoms with Crippen LogP contribution in [0.3, 0.4) is 0 Å². The van der Waals surface area contributed by atoms with Crippen LogP contribution in [0.15, 0.2) is 29.3 Å². The number of methoxy groups -OCH3 is 2. The van der Waals surface area contributed by atoms with Crippen LogP contribution >= 0.6 is 0 Å². The SMILES string of the molecule is CN=C(NCC(c1ccc(OC)cc1)N1CCCCC1)N1CCC(C(=O)OC)CC1. The lowest BCUT2D eigenvalue weighted by molar-refractivity contribution is -0.146. The maximum atomic E-state index is 11.8. The van der Waals surface area contributed by atoms with E-state index in [1.165, 1.54) is 31.9 Å². The average Bonchev–Trinajstić information content (AvgIpc) is 2.82. The molecule has 1 N–H and O–H groups in total. The standard InChI is InChI=1S/C23H36N4O3/c1-24-23(27-15-11-19(12-16-27)22(28)30-3)25-17-21(26-13-5-4-6-14-26)18-7-9-20(29-2)10-8-18/h7-10,19,21H,4-6,11-17H2,1-3H3,(H,24,25). The van der Waals surface area contributed by atoms with Crippen LogP contribution in [-0.2, 0) is 9.53 Å². The summed E-state index contributed by atoms with van der Waals surface area (Å²) in [6, 6.07) is 8.71. The second kappa shape index (κ2) is 11.2. The Kier molecular flexibility index (Phi) is 8.37. The third kappa shape index (κ3) is 5.65. The van der Waals surface area contributed by atoms with Crippen molar-refractivity contribution in [3.63, 3.8) is 0 Å². The smallest absolute Gasteiger partial charge is 0.308 e. The van der Waals surface area contributed by atoms with E-state index in [0.29, 0.717) is 6.04 Å². The van der Waals surface area contributed by atoms with Crippen molar-refractivity contribution in [2.24, 2.45) is 10.9 Å². The van der Waals surface area contributed by atoms with Gasteiger partial charge in [0.1, 0.15) is 5.75 Å². The molecule has 7 nitrogen and oxygen atoms in total. The molecule has 0 spiro atoms. The Morgan fingerprint density at radius 1 is 1.10 bits per heavy atom. The Hall–Kier alpha value is -2.28. The molecular weight excluding hydrogens is 380 g/mol. The summed E-state index contributed by atoms with van der Waals surface area (Å²) in [5.41, 5.74) is 1.30. The van der Waals surface area contributed by atoms with Crippen molar-refractivity contribution in [2.75, 3.05) is 54.0 Å². The highest BCUT2D eigenvalue weighted by molar-refractivity contribution is 5.80. The molecule has 2 aliphatic rings. The summed E-state index contributed by atoms with van der Waals surface area (Å²) in [6.45, 7) is 4.69. The van der Waals surface area contributed by atoms with E-state index < -0.39 is 0 Å². The quantitative estimate of drug-likeness (QED) is 0.437. The van der Waals surface area contributed by atoms with E-state index in [1.807, 2.05) is 19.2 Å². The fraction of sp³-hybridized carbons (Fsp3) is 0.652. The molecule has 0 bridgehead atoms. The van der Waals surface area contributed by atoms with Gasteiger partial charge in [0.05, 0.1) is 26.2 Å². The first-order valence-electron chi connectivity index (χ1n) is 11.1. The first kappa shape index (κ1) is 22.4. The monoisotopic (exact) mass is 416 g/mol. The van der Waals surface area contributed by atoms with Gasteiger partial charge in [0.2, 0.25) is 0 Å². The molecule has 1 unspecified atom stereocenters. The highest BCUT2D eigenvalue weighted by atomic mass is 16.5. The molecule has 2 aliphatic heterocycles. The van der Waals surface area contributed by atoms with Gasteiger partial charge in [-0.15, -0.1) is 0 Å². The van der Waals surface area contributed by atoms with Crippen LogP contribution in [0.2, 0.25) is 0 Å². The number of rotatable bonds is 6. The van der Waals surface area contributed by atoms with Crippen molar-refractivity contribution in [2.45, 2.75) is 38.1 Å². The van der Waals surface area contributed by atoms with E-state index in [2.05, 4.69) is 32.2 Å². The summed E-state index contributed by atoms with van der Waals surface area (Å²) in [7, 11) is 5.00. The van der Waals surface area contributed by atoms with Gasteiger partial charge in [-0.05, 0) is 56.5 Å². The molecule has 0 aromatic heterocycles. The number of hydrogen-bond donors (Lipinski definition) is 1. The second-order valence-electron chi connectivity index (χ2n) is 8.10. The maximum absolute atomic E-state index is 11.8. The molecule has 30 heavy (non-hydrogen) atoms. The minimum atomic E-state index is -0.0951. The molecule has 0 saturated carbocycles. The van der Waals surface area contributed by atoms with Gasteiger partial charge in [0, 0.05) is 26.7 Å². The van der Waals surface area contributed by atoms with Crippen LogP contribution in [0, 0.1) is 5.92 Å². The molecule has 1 aromatic rings. The highest BCUT2D eigenvalue weighted by Crippen LogP contribution is 2.26. The van der Waals surface area contributed by atoms with Crippen LogP contribution in [0.4, 0.5) is 0 Å². The lowest BCUT2D eigenvalue weighted by Gasteiger charge is -2.37. The van der Waals surface area contributed by atoms with Gasteiger partial charge in [-0.25, -0.2) is 0 Å². The van der Waals surface area contributed by atoms with E-state index in [9.17, 15) is 4.79 Å². The molecular formula is C23H36N4O3. The molecule has 7 heteroatoms. The average molecular weight is 417 g/mol. The first-order valence-corrected chi connectivity index (χ1v) is 11.1. The molecule has 0 aliphatic carbocycles. The van der Waals surface area contributed by atoms with Gasteiger partial charge < -0.3 is 19.7 Å². The Balaban J connectivity index is 1.64. The van der Waals surface area contributed by atoms with Crippen molar-refractivity contribution >= 4 is 11.9 Å². The number of aliphatic imine (C=N–C) groups is 1. The third-order valence-electron chi connectivity index (χ3n) is 6.33. The zero-order valence-electron chi connectivity index (χ0n) is 18.6. The molecule has 2 fully saturated rings. The zero-order valence-corrected chi connectivity index (χ0v) is 18.6. The third-order valence-corrected chi connectivity index (χ3v) is 6.33. The Labute approximate surface area is 180 Å². The molecule has 2 saturated heterocycles. The molecule has 0 radical (unpaired) electrons. The summed E-state index contributed by atoms with van der Waals surface area (Å²) >= 11 is 0. The lowest BCUT2D eigenvalue weighted by Crippen LogP contribution is -2.49. The fourth-order valence-electron chi connectivity index (χ4n) is 4.53. The molecule has 166 valence electrons. The number of nitrogens with one attached hydrogen (secondary N) is 1. The molecule has 1 atom stereocenters. The minimum absolute atomic E-state index is 0.00440. The van der Waals surface area contributed by atoms with Gasteiger partial charge in [0.15, 0.2) is 5.96 Å². The normalized spacial score (nSPS) is 20.0. The Morgan fingerprint density at radius 2 is 1.77 bits per heavy atom. The van der Waals surface area contributed by atoms with Crippen LogP contribution in [0.5, 0.6) is 5.75 Å². The number of esters is 1. The van der Waals surface area contributed by atoms with E-state index in [-0.39, 0.29) is 11.9 Å². The number of piperidine rings is 2. The highest BCUT2D eigenvalue weighted by Gasteiger charge is 2.28. The largest absolute Gasteiger partial charge is 0.497 e. The zero-order chi connectivity index (χ0) is 21.3. The van der Waals surface area contributed by atoms with Crippen LogP contribution < -0.4 is 10.1 Å². The van der Waals surface area contributed by atoms with Crippen molar-refractivity contribution in [3.8, 4) is 5.75 Å². The van der Waals surface area contributed by atoms with E-state index in [0.717, 1.165) is 57.3 Å². The van der Waals surface area contributed by atoms with E-state index in [4.69, 9.17) is 9.47 Å². The van der Waals surface area contributed by atoms with E-state index in [1.54, 1.807) is 7.11 Å². The number of guanidine groups is 1. The summed E-state index contributed by atoms with van der Waals surface area (Å²) in [5, 5.41) is 3.61. The topological polar surface area (TPSA) is 66.4 Å². The number of benzene rings is 1. The number of carbonyl (C=O) groups is 1. The van der Waals surface area contributed by atoms with Crippen LogP contribution in [0.1, 0.15) is 43.7 Å². The van der Waals surface area contributed by atoms with Crippen molar-refractivity contribution in [1.29, 1.82) is 0 Å². The van der Waals surface area contributed by atoms with E-state index >= 15 is 0 Å². The number of carbonyl (C=O) groups excluding carboxylic acids is 1. The molecule has 3 rings (SSSR count). The minimum Gasteiger partial charge on any atom is -0.497 e. The van der Waals surface area contributed by atoms with Crippen LogP contribution in [0.25, 0.3) is 0 Å². The van der Waals surface area contributed by atoms with Gasteiger partial charge in [-0.2, -0.15) is 0 Å². The maximum Gasteiger partial charge on any atom is 0.308 e. The van der Waals surface area contributed by atoms with Crippen molar-refractivity contribution in [3.05, 3.63) is 29.8 Å². The van der Waals surface area contributed by atoms with Crippen molar-refractivity contribution < 1.29 is 14.3 Å². The van der Waals surface area contributed by atoms with Gasteiger partial charge in [-0.1, -0.05) is 18.6 Å². The summed E-state index contributed by atoms with van der Waals surface area (Å²) in [5.74, 6) is 1.70. The van der Waals surface area contributed by atoms with Gasteiger partial charge in [0.25, 0.3) is 0 Å². The predicted molar refractivity (Wildman–Crippen MR) is 119 cm³/mol. The Morgan fingerprint density at radius 3 is 2.33 bits per heavy atom. The number of ether oxygens (including phenoxy) is 2. The summed E-state index contributed by atoms with van der Waals surface area (Å²) in [6.07, 6.45) is 5.43. The fourth-order valence-corrected chi connectivity index (χ4v) is 4.53. The molecule has 2 heterocycles. The number of hydrogen-bond acceptors (Lipinski definition) is 5. The van der Waals surface area contributed by atoms with Crippen LogP contribution in [-0.4, -0.2) is 75.7 Å². The Bertz CT molecular complexity index is 693. The lowest BCUT2D eigenvalue weighted by atomic mass is 9.97. The van der Waals surface area contributed by atoms with Gasteiger partial charge >= 0.3 is 5.97 Å². The van der Waals surface area contributed by atoms with Crippen molar-refractivity contribution in [1.82, 2.24) is 15.1 Å². The molecule has 1 aromatic carbocycles. The summed E-state index contributed by atoms with van der Waals surface area (Å²) in [4.78, 5) is 21.2. The second-order valence-corrected chi connectivity index (χ2v) is 8.10.